The van der Waals surface area contributed by atoms with Crippen LogP contribution in [0.4, 0.5) is 17.1 Å². The van der Waals surface area contributed by atoms with Crippen molar-refractivity contribution in [1.82, 2.24) is 0 Å². The molecule has 0 saturated carbocycles. The first-order valence-corrected chi connectivity index (χ1v) is 6.42. The highest BCUT2D eigenvalue weighted by molar-refractivity contribution is 6.06. The highest BCUT2D eigenvalue weighted by Gasteiger charge is 2.09. The van der Waals surface area contributed by atoms with Gasteiger partial charge in [-0.3, -0.25) is 4.79 Å². The first-order valence-electron chi connectivity index (χ1n) is 6.42. The van der Waals surface area contributed by atoms with Crippen molar-refractivity contribution >= 4 is 23.0 Å². The maximum Gasteiger partial charge on any atom is 0.255 e. The van der Waals surface area contributed by atoms with Gasteiger partial charge in [0.25, 0.3) is 5.91 Å². The first kappa shape index (κ1) is 13.9. The summed E-state index contributed by atoms with van der Waals surface area (Å²) in [5, 5.41) is 2.84. The fourth-order valence-corrected chi connectivity index (χ4v) is 1.92. The number of benzene rings is 2. The summed E-state index contributed by atoms with van der Waals surface area (Å²) >= 11 is 0. The minimum Gasteiger partial charge on any atom is -0.397 e. The molecule has 3 N–H and O–H groups in total. The topological polar surface area (TPSA) is 58.4 Å². The molecule has 0 bridgehead atoms. The van der Waals surface area contributed by atoms with E-state index in [1.807, 2.05) is 62.3 Å². The summed E-state index contributed by atoms with van der Waals surface area (Å²) in [7, 11) is 3.88. The molecule has 2 rings (SSSR count). The van der Waals surface area contributed by atoms with Crippen LogP contribution in [-0.4, -0.2) is 20.0 Å². The molecule has 0 radical (unpaired) electrons. The van der Waals surface area contributed by atoms with Crippen LogP contribution >= 0.6 is 0 Å². The second kappa shape index (κ2) is 5.65. The van der Waals surface area contributed by atoms with E-state index in [1.165, 1.54) is 0 Å². The molecular weight excluding hydrogens is 250 g/mol. The van der Waals surface area contributed by atoms with Crippen molar-refractivity contribution in [3.8, 4) is 0 Å². The Kier molecular flexibility index (Phi) is 3.94. The lowest BCUT2D eigenvalue weighted by Gasteiger charge is -2.14. The zero-order valence-electron chi connectivity index (χ0n) is 12.0. The molecule has 2 aromatic rings. The van der Waals surface area contributed by atoms with Crippen molar-refractivity contribution in [2.45, 2.75) is 6.92 Å². The van der Waals surface area contributed by atoms with E-state index in [0.29, 0.717) is 16.9 Å². The van der Waals surface area contributed by atoms with E-state index >= 15 is 0 Å². The van der Waals surface area contributed by atoms with Gasteiger partial charge in [0.05, 0.1) is 11.4 Å². The molecule has 0 aromatic heterocycles. The average Bonchev–Trinajstić information content (AvgIpc) is 2.42. The van der Waals surface area contributed by atoms with E-state index in [4.69, 9.17) is 5.73 Å². The maximum absolute atomic E-state index is 12.2. The number of amides is 1. The lowest BCUT2D eigenvalue weighted by molar-refractivity contribution is 0.102. The predicted molar refractivity (Wildman–Crippen MR) is 84.3 cm³/mol. The van der Waals surface area contributed by atoms with Crippen molar-refractivity contribution in [3.63, 3.8) is 0 Å². The number of carbonyl (C=O) groups excluding carboxylic acids is 1. The highest BCUT2D eigenvalue weighted by atomic mass is 16.1. The number of nitrogen functional groups attached to an aromatic ring is 1. The van der Waals surface area contributed by atoms with Crippen LogP contribution in [0.5, 0.6) is 0 Å². The van der Waals surface area contributed by atoms with Gasteiger partial charge in [0.1, 0.15) is 0 Å². The zero-order chi connectivity index (χ0) is 14.7. The molecule has 2 aromatic carbocycles. The molecule has 1 amide bonds. The third-order valence-corrected chi connectivity index (χ3v) is 3.08. The molecule has 0 fully saturated rings. The monoisotopic (exact) mass is 269 g/mol. The Morgan fingerprint density at radius 2 is 1.90 bits per heavy atom. The lowest BCUT2D eigenvalue weighted by Crippen LogP contribution is -2.15. The van der Waals surface area contributed by atoms with Crippen molar-refractivity contribution in [2.24, 2.45) is 0 Å². The summed E-state index contributed by atoms with van der Waals surface area (Å²) in [5.41, 5.74) is 9.76. The Bertz CT molecular complexity index is 635. The molecule has 0 heterocycles. The molecule has 0 aliphatic rings. The van der Waals surface area contributed by atoms with Crippen LogP contribution in [0.1, 0.15) is 15.9 Å². The first-order chi connectivity index (χ1) is 9.47. The van der Waals surface area contributed by atoms with Gasteiger partial charge in [0.2, 0.25) is 0 Å². The molecule has 0 aliphatic heterocycles. The van der Waals surface area contributed by atoms with Crippen LogP contribution in [0.15, 0.2) is 42.5 Å². The highest BCUT2D eigenvalue weighted by Crippen LogP contribution is 2.21. The van der Waals surface area contributed by atoms with Crippen LogP contribution in [0, 0.1) is 6.92 Å². The number of hydrogen-bond acceptors (Lipinski definition) is 3. The number of aryl methyl sites for hydroxylation is 1. The fraction of sp³-hybridized carbons (Fsp3) is 0.188. The molecule has 0 saturated heterocycles. The summed E-state index contributed by atoms with van der Waals surface area (Å²) in [6, 6.07) is 13.0. The number of rotatable bonds is 3. The fourth-order valence-electron chi connectivity index (χ4n) is 1.92. The Hall–Kier alpha value is -2.49. The lowest BCUT2D eigenvalue weighted by atomic mass is 10.1. The molecule has 4 heteroatoms. The smallest absolute Gasteiger partial charge is 0.255 e. The van der Waals surface area contributed by atoms with Gasteiger partial charge in [-0.05, 0) is 42.8 Å². The third kappa shape index (κ3) is 3.09. The number of hydrogen-bond donors (Lipinski definition) is 2. The minimum absolute atomic E-state index is 0.163. The molecular formula is C16H19N3O. The van der Waals surface area contributed by atoms with Gasteiger partial charge >= 0.3 is 0 Å². The van der Waals surface area contributed by atoms with E-state index < -0.39 is 0 Å². The number of carbonyl (C=O) groups is 1. The van der Waals surface area contributed by atoms with Gasteiger partial charge < -0.3 is 16.0 Å². The quantitative estimate of drug-likeness (QED) is 0.842. The number of anilines is 3. The number of nitrogens with zero attached hydrogens (tertiary/aromatic N) is 1. The Morgan fingerprint density at radius 1 is 1.15 bits per heavy atom. The number of nitrogens with two attached hydrogens (primary N) is 1. The summed E-state index contributed by atoms with van der Waals surface area (Å²) in [4.78, 5) is 14.2. The van der Waals surface area contributed by atoms with Crippen molar-refractivity contribution in [2.75, 3.05) is 30.0 Å². The van der Waals surface area contributed by atoms with E-state index in [9.17, 15) is 4.79 Å². The van der Waals surface area contributed by atoms with Crippen molar-refractivity contribution < 1.29 is 4.79 Å². The van der Waals surface area contributed by atoms with Gasteiger partial charge in [-0.2, -0.15) is 0 Å². The molecule has 0 unspecified atom stereocenters. The van der Waals surface area contributed by atoms with Gasteiger partial charge in [-0.15, -0.1) is 0 Å². The van der Waals surface area contributed by atoms with Crippen LogP contribution < -0.4 is 16.0 Å². The molecule has 4 nitrogen and oxygen atoms in total. The van der Waals surface area contributed by atoms with Crippen molar-refractivity contribution in [3.05, 3.63) is 53.6 Å². The predicted octanol–water partition coefficient (Wildman–Crippen LogP) is 2.90. The van der Waals surface area contributed by atoms with Crippen LogP contribution in [0.2, 0.25) is 0 Å². The Labute approximate surface area is 119 Å². The van der Waals surface area contributed by atoms with Crippen molar-refractivity contribution in [1.29, 1.82) is 0 Å². The molecule has 0 spiro atoms. The second-order valence-electron chi connectivity index (χ2n) is 4.99. The molecule has 20 heavy (non-hydrogen) atoms. The third-order valence-electron chi connectivity index (χ3n) is 3.08. The molecule has 0 atom stereocenters. The zero-order valence-corrected chi connectivity index (χ0v) is 12.0. The number of nitrogens with one attached hydrogen (secondary N) is 1. The Morgan fingerprint density at radius 3 is 2.55 bits per heavy atom. The van der Waals surface area contributed by atoms with E-state index in [2.05, 4.69) is 5.32 Å². The van der Waals surface area contributed by atoms with Gasteiger partial charge in [0.15, 0.2) is 0 Å². The minimum atomic E-state index is -0.163. The summed E-state index contributed by atoms with van der Waals surface area (Å²) < 4.78 is 0. The molecule has 0 aliphatic carbocycles. The summed E-state index contributed by atoms with van der Waals surface area (Å²) in [5.74, 6) is -0.163. The van der Waals surface area contributed by atoms with Crippen LogP contribution in [0.25, 0.3) is 0 Å². The maximum atomic E-state index is 12.2. The van der Waals surface area contributed by atoms with Crippen LogP contribution in [0.3, 0.4) is 0 Å². The SMILES string of the molecule is Cc1ccc(NC(=O)c2cccc(N(C)C)c2)c(N)c1. The second-order valence-corrected chi connectivity index (χ2v) is 4.99. The van der Waals surface area contributed by atoms with Gasteiger partial charge in [0, 0.05) is 25.3 Å². The Balaban J connectivity index is 2.21. The standard InChI is InChI=1S/C16H19N3O/c1-11-7-8-15(14(17)9-11)18-16(20)12-5-4-6-13(10-12)19(2)3/h4-10H,17H2,1-3H3,(H,18,20). The van der Waals surface area contributed by atoms with Crippen LogP contribution in [-0.2, 0) is 0 Å². The summed E-state index contributed by atoms with van der Waals surface area (Å²) in [6.07, 6.45) is 0. The van der Waals surface area contributed by atoms with Gasteiger partial charge in [-0.1, -0.05) is 12.1 Å². The summed E-state index contributed by atoms with van der Waals surface area (Å²) in [6.45, 7) is 1.96. The van der Waals surface area contributed by atoms with E-state index in [0.717, 1.165) is 11.3 Å². The van der Waals surface area contributed by atoms with Gasteiger partial charge in [-0.25, -0.2) is 0 Å². The molecule has 104 valence electrons. The largest absolute Gasteiger partial charge is 0.397 e. The normalized spacial score (nSPS) is 10.2. The van der Waals surface area contributed by atoms with E-state index in [1.54, 1.807) is 6.07 Å². The van der Waals surface area contributed by atoms with E-state index in [-0.39, 0.29) is 5.91 Å². The average molecular weight is 269 g/mol.